The summed E-state index contributed by atoms with van der Waals surface area (Å²) >= 11 is 2.16. The molecule has 0 saturated heterocycles. The lowest BCUT2D eigenvalue weighted by Crippen LogP contribution is -2.05. The van der Waals surface area contributed by atoms with Crippen molar-refractivity contribution in [3.8, 4) is 0 Å². The molecule has 1 aromatic carbocycles. The van der Waals surface area contributed by atoms with Crippen molar-refractivity contribution in [2.75, 3.05) is 17.2 Å². The summed E-state index contributed by atoms with van der Waals surface area (Å²) in [4.78, 5) is 8.48. The van der Waals surface area contributed by atoms with Crippen molar-refractivity contribution in [1.29, 1.82) is 0 Å². The molecule has 94 valence electrons. The molecule has 0 aliphatic rings. The van der Waals surface area contributed by atoms with Crippen LogP contribution in [0.4, 0.5) is 21.8 Å². The van der Waals surface area contributed by atoms with Crippen LogP contribution in [0.25, 0.3) is 0 Å². The molecule has 0 spiro atoms. The minimum absolute atomic E-state index is 0.294. The van der Waals surface area contributed by atoms with Gasteiger partial charge in [0, 0.05) is 18.4 Å². The first-order valence-electron chi connectivity index (χ1n) is 5.48. The molecule has 0 fully saturated rings. The van der Waals surface area contributed by atoms with Gasteiger partial charge in [-0.3, -0.25) is 0 Å². The van der Waals surface area contributed by atoms with E-state index in [1.54, 1.807) is 18.3 Å². The predicted octanol–water partition coefficient (Wildman–Crippen LogP) is 3.40. The molecule has 2 N–H and O–H groups in total. The van der Waals surface area contributed by atoms with Gasteiger partial charge in [-0.05, 0) is 47.7 Å². The molecule has 0 amide bonds. The Hall–Kier alpha value is -1.44. The molecule has 4 nitrogen and oxygen atoms in total. The lowest BCUT2D eigenvalue weighted by Gasteiger charge is -2.08. The van der Waals surface area contributed by atoms with Crippen molar-refractivity contribution in [3.05, 3.63) is 39.8 Å². The number of hydrogen-bond donors (Lipinski definition) is 2. The van der Waals surface area contributed by atoms with E-state index in [4.69, 9.17) is 0 Å². The summed E-state index contributed by atoms with van der Waals surface area (Å²) in [6.45, 7) is 2.78. The van der Waals surface area contributed by atoms with Gasteiger partial charge in [-0.15, -0.1) is 0 Å². The van der Waals surface area contributed by atoms with Crippen LogP contribution < -0.4 is 10.6 Å². The zero-order valence-corrected chi connectivity index (χ0v) is 11.9. The summed E-state index contributed by atoms with van der Waals surface area (Å²) in [6.07, 6.45) is 1.72. The summed E-state index contributed by atoms with van der Waals surface area (Å²) in [5, 5.41) is 6.11. The summed E-state index contributed by atoms with van der Waals surface area (Å²) in [7, 11) is 0. The molecule has 18 heavy (non-hydrogen) atoms. The quantitative estimate of drug-likeness (QED) is 0.823. The minimum Gasteiger partial charge on any atom is -0.369 e. The van der Waals surface area contributed by atoms with Gasteiger partial charge in [-0.25, -0.2) is 9.37 Å². The average Bonchev–Trinajstić information content (AvgIpc) is 2.34. The maximum atomic E-state index is 13.0. The van der Waals surface area contributed by atoms with Crippen LogP contribution >= 0.6 is 22.6 Å². The van der Waals surface area contributed by atoms with E-state index in [-0.39, 0.29) is 5.82 Å². The van der Waals surface area contributed by atoms with Crippen LogP contribution in [0.15, 0.2) is 30.5 Å². The van der Waals surface area contributed by atoms with Gasteiger partial charge in [-0.2, -0.15) is 4.98 Å². The van der Waals surface area contributed by atoms with Crippen LogP contribution in [0.5, 0.6) is 0 Å². The third-order valence-electron chi connectivity index (χ3n) is 2.17. The number of nitrogens with one attached hydrogen (secondary N) is 2. The van der Waals surface area contributed by atoms with Crippen LogP contribution in [0.3, 0.4) is 0 Å². The van der Waals surface area contributed by atoms with E-state index in [9.17, 15) is 4.39 Å². The molecule has 0 bridgehead atoms. The second kappa shape index (κ2) is 5.94. The van der Waals surface area contributed by atoms with Crippen LogP contribution in [0.2, 0.25) is 0 Å². The largest absolute Gasteiger partial charge is 0.369 e. The van der Waals surface area contributed by atoms with Crippen LogP contribution in [0, 0.1) is 9.39 Å². The van der Waals surface area contributed by atoms with Gasteiger partial charge in [-0.1, -0.05) is 6.07 Å². The molecule has 0 atom stereocenters. The number of aromatic nitrogens is 2. The van der Waals surface area contributed by atoms with E-state index in [1.165, 1.54) is 12.1 Å². The molecule has 0 saturated carbocycles. The average molecular weight is 358 g/mol. The molecular weight excluding hydrogens is 346 g/mol. The standard InChI is InChI=1S/C12H12FIN4/c1-2-15-11-10(14)7-16-12(18-11)17-9-5-3-4-8(13)6-9/h3-7H,2H2,1H3,(H2,15,16,17,18). The number of rotatable bonds is 4. The van der Waals surface area contributed by atoms with Crippen molar-refractivity contribution in [3.63, 3.8) is 0 Å². The lowest BCUT2D eigenvalue weighted by molar-refractivity contribution is 0.628. The monoisotopic (exact) mass is 358 g/mol. The van der Waals surface area contributed by atoms with Gasteiger partial charge >= 0.3 is 0 Å². The molecule has 0 radical (unpaired) electrons. The number of benzene rings is 1. The Kier molecular flexibility index (Phi) is 4.29. The van der Waals surface area contributed by atoms with Gasteiger partial charge in [0.15, 0.2) is 0 Å². The highest BCUT2D eigenvalue weighted by Gasteiger charge is 2.04. The van der Waals surface area contributed by atoms with Crippen LogP contribution in [-0.4, -0.2) is 16.5 Å². The third-order valence-corrected chi connectivity index (χ3v) is 2.96. The zero-order valence-electron chi connectivity index (χ0n) is 9.74. The number of anilines is 3. The molecule has 1 heterocycles. The van der Waals surface area contributed by atoms with Gasteiger partial charge in [0.1, 0.15) is 11.6 Å². The van der Waals surface area contributed by atoms with Crippen molar-refractivity contribution in [2.45, 2.75) is 6.92 Å². The molecule has 0 aliphatic heterocycles. The van der Waals surface area contributed by atoms with E-state index in [0.29, 0.717) is 11.6 Å². The smallest absolute Gasteiger partial charge is 0.229 e. The number of nitrogens with zero attached hydrogens (tertiary/aromatic N) is 2. The SMILES string of the molecule is CCNc1nc(Nc2cccc(F)c2)ncc1I. The number of halogens is 2. The first-order valence-corrected chi connectivity index (χ1v) is 6.56. The Morgan fingerprint density at radius 1 is 1.39 bits per heavy atom. The molecule has 2 aromatic rings. The highest BCUT2D eigenvalue weighted by atomic mass is 127. The first-order chi connectivity index (χ1) is 8.69. The van der Waals surface area contributed by atoms with Crippen LogP contribution in [0.1, 0.15) is 6.92 Å². The Morgan fingerprint density at radius 3 is 2.94 bits per heavy atom. The Morgan fingerprint density at radius 2 is 2.22 bits per heavy atom. The summed E-state index contributed by atoms with van der Waals surface area (Å²) in [5.41, 5.74) is 0.624. The number of hydrogen-bond acceptors (Lipinski definition) is 4. The van der Waals surface area contributed by atoms with Gasteiger partial charge in [0.2, 0.25) is 5.95 Å². The zero-order chi connectivity index (χ0) is 13.0. The van der Waals surface area contributed by atoms with Crippen LogP contribution in [-0.2, 0) is 0 Å². The van der Waals surface area contributed by atoms with E-state index in [2.05, 4.69) is 43.2 Å². The second-order valence-electron chi connectivity index (χ2n) is 3.56. The summed E-state index contributed by atoms with van der Waals surface area (Å²) in [5.74, 6) is 0.918. The predicted molar refractivity (Wildman–Crippen MR) is 78.6 cm³/mol. The van der Waals surface area contributed by atoms with E-state index >= 15 is 0 Å². The fourth-order valence-electron chi connectivity index (χ4n) is 1.41. The van der Waals surface area contributed by atoms with Gasteiger partial charge < -0.3 is 10.6 Å². The third kappa shape index (κ3) is 3.28. The maximum Gasteiger partial charge on any atom is 0.229 e. The van der Waals surface area contributed by atoms with Gasteiger partial charge in [0.05, 0.1) is 3.57 Å². The van der Waals surface area contributed by atoms with Crippen molar-refractivity contribution < 1.29 is 4.39 Å². The lowest BCUT2D eigenvalue weighted by atomic mass is 10.3. The Labute approximate surface area is 118 Å². The minimum atomic E-state index is -0.294. The summed E-state index contributed by atoms with van der Waals surface area (Å²) < 4.78 is 14.0. The fourth-order valence-corrected chi connectivity index (χ4v) is 1.86. The first kappa shape index (κ1) is 13.0. The molecule has 2 rings (SSSR count). The maximum absolute atomic E-state index is 13.0. The molecular formula is C12H12FIN4. The summed E-state index contributed by atoms with van der Waals surface area (Å²) in [6, 6.07) is 6.19. The topological polar surface area (TPSA) is 49.8 Å². The van der Waals surface area contributed by atoms with E-state index in [1.807, 2.05) is 6.92 Å². The Bertz CT molecular complexity index is 547. The van der Waals surface area contributed by atoms with Crippen molar-refractivity contribution >= 4 is 40.0 Å². The highest BCUT2D eigenvalue weighted by Crippen LogP contribution is 2.19. The molecule has 0 aliphatic carbocycles. The fraction of sp³-hybridized carbons (Fsp3) is 0.167. The molecule has 1 aromatic heterocycles. The Balaban J connectivity index is 2.21. The van der Waals surface area contributed by atoms with Crippen molar-refractivity contribution in [1.82, 2.24) is 9.97 Å². The normalized spacial score (nSPS) is 10.2. The highest BCUT2D eigenvalue weighted by molar-refractivity contribution is 14.1. The van der Waals surface area contributed by atoms with Gasteiger partial charge in [0.25, 0.3) is 0 Å². The molecule has 0 unspecified atom stereocenters. The van der Waals surface area contributed by atoms with E-state index < -0.39 is 0 Å². The second-order valence-corrected chi connectivity index (χ2v) is 4.72. The van der Waals surface area contributed by atoms with E-state index in [0.717, 1.165) is 15.9 Å². The molecule has 6 heteroatoms. The van der Waals surface area contributed by atoms with Crippen molar-refractivity contribution in [2.24, 2.45) is 0 Å².